The van der Waals surface area contributed by atoms with Crippen LogP contribution in [-0.2, 0) is 0 Å². The Hall–Kier alpha value is -0.0800. The first kappa shape index (κ1) is 6.05. The van der Waals surface area contributed by atoms with Crippen LogP contribution in [0.3, 0.4) is 0 Å². The van der Waals surface area contributed by atoms with Crippen molar-refractivity contribution in [2.75, 3.05) is 6.61 Å². The van der Waals surface area contributed by atoms with Gasteiger partial charge in [-0.3, -0.25) is 0 Å². The van der Waals surface area contributed by atoms with E-state index in [1.165, 1.54) is 0 Å². The van der Waals surface area contributed by atoms with Crippen LogP contribution in [-0.4, -0.2) is 22.9 Å². The first-order valence-electron chi connectivity index (χ1n) is 3.04. The molecule has 3 unspecified atom stereocenters. The number of aliphatic hydroxyl groups is 2. The van der Waals surface area contributed by atoms with E-state index < -0.39 is 6.10 Å². The van der Waals surface area contributed by atoms with Crippen LogP contribution in [0.15, 0.2) is 0 Å². The molecule has 1 aliphatic rings. The van der Waals surface area contributed by atoms with Crippen LogP contribution in [0, 0.1) is 11.8 Å². The fourth-order valence-corrected chi connectivity index (χ4v) is 1.02. The minimum Gasteiger partial charge on any atom is -0.394 e. The van der Waals surface area contributed by atoms with Gasteiger partial charge in [0.2, 0.25) is 0 Å². The molecule has 0 aromatic heterocycles. The molecule has 0 aliphatic heterocycles. The second-order valence-corrected chi connectivity index (χ2v) is 2.63. The highest BCUT2D eigenvalue weighted by atomic mass is 16.3. The Balaban J connectivity index is 2.18. The molecule has 2 N–H and O–H groups in total. The zero-order valence-corrected chi connectivity index (χ0v) is 5.04. The van der Waals surface area contributed by atoms with Crippen molar-refractivity contribution in [2.24, 2.45) is 11.8 Å². The Bertz CT molecular complexity index is 80.6. The maximum atomic E-state index is 8.92. The average Bonchev–Trinajstić information content (AvgIpc) is 2.45. The molecule has 1 fully saturated rings. The SMILES string of the molecule is CC1CC1C(O)CO. The minimum absolute atomic E-state index is 0.0744. The highest BCUT2D eigenvalue weighted by Crippen LogP contribution is 2.40. The van der Waals surface area contributed by atoms with Gasteiger partial charge < -0.3 is 10.2 Å². The smallest absolute Gasteiger partial charge is 0.0801 e. The molecule has 0 radical (unpaired) electrons. The molecule has 1 saturated carbocycles. The average molecular weight is 116 g/mol. The summed E-state index contributed by atoms with van der Waals surface area (Å²) < 4.78 is 0. The summed E-state index contributed by atoms with van der Waals surface area (Å²) in [7, 11) is 0. The molecule has 0 aromatic rings. The van der Waals surface area contributed by atoms with Crippen molar-refractivity contribution in [2.45, 2.75) is 19.4 Å². The van der Waals surface area contributed by atoms with Gasteiger partial charge in [0.05, 0.1) is 12.7 Å². The van der Waals surface area contributed by atoms with Crippen LogP contribution in [0.25, 0.3) is 0 Å². The summed E-state index contributed by atoms with van der Waals surface area (Å²) in [5, 5.41) is 17.3. The van der Waals surface area contributed by atoms with E-state index in [1.54, 1.807) is 0 Å². The molecule has 0 spiro atoms. The molecular formula is C6H12O2. The van der Waals surface area contributed by atoms with Gasteiger partial charge in [-0.25, -0.2) is 0 Å². The zero-order chi connectivity index (χ0) is 6.15. The lowest BCUT2D eigenvalue weighted by atomic mass is 10.2. The number of rotatable bonds is 2. The van der Waals surface area contributed by atoms with Crippen LogP contribution in [0.4, 0.5) is 0 Å². The van der Waals surface area contributed by atoms with E-state index in [2.05, 4.69) is 6.92 Å². The van der Waals surface area contributed by atoms with Gasteiger partial charge in [-0.2, -0.15) is 0 Å². The normalized spacial score (nSPS) is 39.4. The third-order valence-electron chi connectivity index (χ3n) is 1.85. The van der Waals surface area contributed by atoms with Crippen molar-refractivity contribution in [3.8, 4) is 0 Å². The lowest BCUT2D eigenvalue weighted by Gasteiger charge is -2.02. The van der Waals surface area contributed by atoms with Crippen molar-refractivity contribution in [1.29, 1.82) is 0 Å². The molecule has 0 saturated heterocycles. The monoisotopic (exact) mass is 116 g/mol. The molecule has 3 atom stereocenters. The van der Waals surface area contributed by atoms with Gasteiger partial charge in [-0.15, -0.1) is 0 Å². The van der Waals surface area contributed by atoms with Gasteiger partial charge in [0.25, 0.3) is 0 Å². The predicted octanol–water partition coefficient (Wildman–Crippen LogP) is -0.00440. The highest BCUT2D eigenvalue weighted by molar-refractivity contribution is 4.87. The van der Waals surface area contributed by atoms with Crippen molar-refractivity contribution in [3.05, 3.63) is 0 Å². The van der Waals surface area contributed by atoms with Gasteiger partial charge in [-0.1, -0.05) is 6.92 Å². The second kappa shape index (κ2) is 2.03. The van der Waals surface area contributed by atoms with E-state index >= 15 is 0 Å². The standard InChI is InChI=1S/C6H12O2/c1-4-2-5(4)6(8)3-7/h4-8H,2-3H2,1H3. The molecule has 0 aromatic carbocycles. The van der Waals surface area contributed by atoms with Crippen LogP contribution in [0.5, 0.6) is 0 Å². The van der Waals surface area contributed by atoms with Crippen LogP contribution < -0.4 is 0 Å². The first-order chi connectivity index (χ1) is 3.75. The van der Waals surface area contributed by atoms with Crippen LogP contribution in [0.2, 0.25) is 0 Å². The Kier molecular flexibility index (Phi) is 1.54. The molecule has 1 aliphatic carbocycles. The highest BCUT2D eigenvalue weighted by Gasteiger charge is 2.37. The summed E-state index contributed by atoms with van der Waals surface area (Å²) >= 11 is 0. The molecular weight excluding hydrogens is 104 g/mol. The fraction of sp³-hybridized carbons (Fsp3) is 1.00. The van der Waals surface area contributed by atoms with E-state index in [0.29, 0.717) is 11.8 Å². The number of hydrogen-bond acceptors (Lipinski definition) is 2. The van der Waals surface area contributed by atoms with Crippen molar-refractivity contribution in [1.82, 2.24) is 0 Å². The Morgan fingerprint density at radius 1 is 1.75 bits per heavy atom. The third kappa shape index (κ3) is 1.01. The van der Waals surface area contributed by atoms with Crippen molar-refractivity contribution >= 4 is 0 Å². The molecule has 2 heteroatoms. The van der Waals surface area contributed by atoms with Gasteiger partial charge in [0.15, 0.2) is 0 Å². The molecule has 0 amide bonds. The van der Waals surface area contributed by atoms with Crippen LogP contribution in [0.1, 0.15) is 13.3 Å². The predicted molar refractivity (Wildman–Crippen MR) is 30.4 cm³/mol. The van der Waals surface area contributed by atoms with Gasteiger partial charge >= 0.3 is 0 Å². The second-order valence-electron chi connectivity index (χ2n) is 2.63. The van der Waals surface area contributed by atoms with E-state index in [1.807, 2.05) is 0 Å². The lowest BCUT2D eigenvalue weighted by molar-refractivity contribution is 0.0744. The molecule has 48 valence electrons. The summed E-state index contributed by atoms with van der Waals surface area (Å²) in [4.78, 5) is 0. The van der Waals surface area contributed by atoms with Crippen LogP contribution >= 0.6 is 0 Å². The maximum Gasteiger partial charge on any atom is 0.0801 e. The van der Waals surface area contributed by atoms with E-state index in [0.717, 1.165) is 6.42 Å². The molecule has 0 bridgehead atoms. The quantitative estimate of drug-likeness (QED) is 0.533. The topological polar surface area (TPSA) is 40.5 Å². The van der Waals surface area contributed by atoms with E-state index in [-0.39, 0.29) is 6.61 Å². The summed E-state index contributed by atoms with van der Waals surface area (Å²) in [6.45, 7) is 2.01. The molecule has 8 heavy (non-hydrogen) atoms. The Morgan fingerprint density at radius 2 is 2.25 bits per heavy atom. The van der Waals surface area contributed by atoms with Gasteiger partial charge in [-0.05, 0) is 18.3 Å². The summed E-state index contributed by atoms with van der Waals surface area (Å²) in [6, 6.07) is 0. The molecule has 2 nitrogen and oxygen atoms in total. The van der Waals surface area contributed by atoms with Crippen molar-refractivity contribution in [3.63, 3.8) is 0 Å². The maximum absolute atomic E-state index is 8.92. The van der Waals surface area contributed by atoms with E-state index in [9.17, 15) is 0 Å². The summed E-state index contributed by atoms with van der Waals surface area (Å²) in [6.07, 6.45) is 0.631. The third-order valence-corrected chi connectivity index (χ3v) is 1.85. The van der Waals surface area contributed by atoms with Gasteiger partial charge in [0.1, 0.15) is 0 Å². The molecule has 0 heterocycles. The minimum atomic E-state index is -0.454. The number of aliphatic hydroxyl groups excluding tert-OH is 2. The summed E-state index contributed by atoms with van der Waals surface area (Å²) in [5.74, 6) is 1.03. The van der Waals surface area contributed by atoms with Gasteiger partial charge in [0, 0.05) is 0 Å². The fourth-order valence-electron chi connectivity index (χ4n) is 1.02. The lowest BCUT2D eigenvalue weighted by Crippen LogP contribution is -2.14. The van der Waals surface area contributed by atoms with E-state index in [4.69, 9.17) is 10.2 Å². The first-order valence-corrected chi connectivity index (χ1v) is 3.04. The number of hydrogen-bond donors (Lipinski definition) is 2. The summed E-state index contributed by atoms with van der Waals surface area (Å²) in [5.41, 5.74) is 0. The molecule has 1 rings (SSSR count). The Morgan fingerprint density at radius 3 is 2.38 bits per heavy atom. The zero-order valence-electron chi connectivity index (χ0n) is 5.04. The largest absolute Gasteiger partial charge is 0.394 e. The Labute approximate surface area is 49.1 Å². The van der Waals surface area contributed by atoms with Crippen molar-refractivity contribution < 1.29 is 10.2 Å².